The molecule has 3 N–H and O–H groups in total. The highest BCUT2D eigenvalue weighted by molar-refractivity contribution is 8.26. The molecule has 0 radical (unpaired) electrons. The van der Waals surface area contributed by atoms with E-state index in [0.717, 1.165) is 53.5 Å². The molecule has 362 valence electrons. The molecule has 2 amide bonds. The zero-order valence-electron chi connectivity index (χ0n) is 35.4. The summed E-state index contributed by atoms with van der Waals surface area (Å²) >= 11 is 8.14. The van der Waals surface area contributed by atoms with Crippen LogP contribution in [-0.2, 0) is 23.3 Å². The fraction of sp³-hybridized carbons (Fsp3) is 0.368. The van der Waals surface area contributed by atoms with Gasteiger partial charge in [0.15, 0.2) is 0 Å². The normalized spacial score (nSPS) is 11.7. The van der Waals surface area contributed by atoms with E-state index < -0.39 is 69.4 Å². The first-order valence-corrected chi connectivity index (χ1v) is 23.5. The van der Waals surface area contributed by atoms with Gasteiger partial charge in [0.1, 0.15) is 11.4 Å². The lowest BCUT2D eigenvalue weighted by molar-refractivity contribution is 0.0893. The highest BCUT2D eigenvalue weighted by Crippen LogP contribution is 2.26. The number of amides is 2. The molecule has 66 heavy (non-hydrogen) atoms. The molecule has 0 saturated carbocycles. The molecular weight excluding hydrogens is 1010 g/mol. The van der Waals surface area contributed by atoms with Gasteiger partial charge < -0.3 is 15.7 Å². The van der Waals surface area contributed by atoms with Crippen LogP contribution in [0.15, 0.2) is 67.7 Å². The Morgan fingerprint density at radius 2 is 1.03 bits per heavy atom. The van der Waals surface area contributed by atoms with Crippen molar-refractivity contribution in [3.63, 3.8) is 0 Å². The van der Waals surface area contributed by atoms with Crippen molar-refractivity contribution in [2.75, 3.05) is 26.3 Å². The lowest BCUT2D eigenvalue weighted by Crippen LogP contribution is -2.41. The molecule has 0 aliphatic heterocycles. The quantitative estimate of drug-likeness (QED) is 0.0620. The van der Waals surface area contributed by atoms with E-state index in [4.69, 9.17) is 15.8 Å². The Morgan fingerprint density at radius 1 is 0.697 bits per heavy atom. The maximum atomic E-state index is 13.6. The van der Waals surface area contributed by atoms with E-state index in [9.17, 15) is 60.2 Å². The summed E-state index contributed by atoms with van der Waals surface area (Å²) in [7, 11) is 9.81. The van der Waals surface area contributed by atoms with E-state index in [1.807, 2.05) is 27.7 Å². The van der Waals surface area contributed by atoms with Crippen molar-refractivity contribution in [3.05, 3.63) is 113 Å². The Balaban J connectivity index is 0.000000378. The molecule has 28 heteroatoms. The standard InChI is InChI=1S/C18H18ClFN4O3S.C18H19FN4O4S.2CH2F2.Cl2OS/c1-9(2)12(8-19)21-17(26)16-11-6-10(4-5-13(11)28-22-16)24-15(25)7-14(20)23(3)18(24)27;1-9(2)12(8-24)20-17(26)16-11-6-10(4-5-13(11)28-21-16)23-15(25)7-14(19)22(3)18(23)27;2*2-1-3;1-4(2)3/h4-7,9,12H,8H2,1-3H3,(H,21,26);4-7,9,12,24H,8H2,1-3H3,(H,20,26);2*1H2;. The summed E-state index contributed by atoms with van der Waals surface area (Å²) in [6.07, 6.45) is 0. The molecular formula is C38H41Cl3F6N8O8S3. The van der Waals surface area contributed by atoms with Gasteiger partial charge >= 0.3 is 11.4 Å². The molecule has 4 aromatic heterocycles. The highest BCUT2D eigenvalue weighted by atomic mass is 36.0. The van der Waals surface area contributed by atoms with Gasteiger partial charge in [-0.25, -0.2) is 40.5 Å². The van der Waals surface area contributed by atoms with Crippen molar-refractivity contribution in [2.45, 2.75) is 39.8 Å². The molecule has 0 aliphatic carbocycles. The first-order valence-electron chi connectivity index (χ1n) is 18.6. The molecule has 16 nitrogen and oxygen atoms in total. The van der Waals surface area contributed by atoms with Gasteiger partial charge in [-0.05, 0) is 71.3 Å². The molecule has 0 saturated heterocycles. The molecule has 2 atom stereocenters. The Kier molecular flexibility index (Phi) is 23.4. The van der Waals surface area contributed by atoms with Gasteiger partial charge in [-0.2, -0.15) is 17.5 Å². The van der Waals surface area contributed by atoms with Gasteiger partial charge in [0, 0.05) is 58.2 Å². The number of carbonyl (C=O) groups excluding carboxylic acids is 2. The number of halogens is 9. The molecule has 0 fully saturated rings. The fourth-order valence-electron chi connectivity index (χ4n) is 5.41. The van der Waals surface area contributed by atoms with Crippen molar-refractivity contribution in [3.8, 4) is 11.4 Å². The van der Waals surface area contributed by atoms with E-state index in [2.05, 4.69) is 40.7 Å². The lowest BCUT2D eigenvalue weighted by Gasteiger charge is -2.19. The molecule has 0 spiro atoms. The van der Waals surface area contributed by atoms with Crippen LogP contribution in [0.5, 0.6) is 0 Å². The smallest absolute Gasteiger partial charge is 0.337 e. The second-order valence-corrected chi connectivity index (χ2v) is 18.2. The van der Waals surface area contributed by atoms with Crippen LogP contribution in [0.2, 0.25) is 0 Å². The second-order valence-electron chi connectivity index (χ2n) is 13.8. The number of hydrogen-bond acceptors (Lipinski definition) is 12. The molecule has 2 unspecified atom stereocenters. The Morgan fingerprint density at radius 3 is 1.33 bits per heavy atom. The van der Waals surface area contributed by atoms with Crippen LogP contribution in [0.1, 0.15) is 48.7 Å². The predicted molar refractivity (Wildman–Crippen MR) is 245 cm³/mol. The Labute approximate surface area is 395 Å². The summed E-state index contributed by atoms with van der Waals surface area (Å²) in [5, 5.41) is 16.0. The van der Waals surface area contributed by atoms with Gasteiger partial charge in [0.2, 0.25) is 35.0 Å². The number of carbonyl (C=O) groups is 2. The van der Waals surface area contributed by atoms with Gasteiger partial charge in [-0.15, -0.1) is 11.6 Å². The molecule has 4 heterocycles. The van der Waals surface area contributed by atoms with Gasteiger partial charge in [0.05, 0.1) is 45.6 Å². The largest absolute Gasteiger partial charge is 0.394 e. The van der Waals surface area contributed by atoms with E-state index in [1.54, 1.807) is 18.2 Å². The third kappa shape index (κ3) is 15.0. The first-order chi connectivity index (χ1) is 31.0. The Hall–Kier alpha value is -4.92. The number of aliphatic hydroxyl groups is 1. The summed E-state index contributed by atoms with van der Waals surface area (Å²) in [5.41, 5.74) is -2.51. The summed E-state index contributed by atoms with van der Waals surface area (Å²) < 4.78 is 87.7. The number of nitrogens with zero attached hydrogens (tertiary/aromatic N) is 6. The van der Waals surface area contributed by atoms with Crippen molar-refractivity contribution in [1.29, 1.82) is 0 Å². The summed E-state index contributed by atoms with van der Waals surface area (Å²) in [6.45, 7) is 3.92. The topological polar surface area (TPSA) is 209 Å². The van der Waals surface area contributed by atoms with Crippen molar-refractivity contribution in [1.82, 2.24) is 37.6 Å². The van der Waals surface area contributed by atoms with Crippen molar-refractivity contribution in [2.24, 2.45) is 25.9 Å². The van der Waals surface area contributed by atoms with Gasteiger partial charge in [-0.1, -0.05) is 27.7 Å². The minimum absolute atomic E-state index is 0.0234. The van der Waals surface area contributed by atoms with E-state index in [1.165, 1.54) is 32.3 Å². The van der Waals surface area contributed by atoms with Crippen LogP contribution >= 0.6 is 56.0 Å². The summed E-state index contributed by atoms with van der Waals surface area (Å²) in [4.78, 5) is 74.3. The molecule has 6 rings (SSSR count). The van der Waals surface area contributed by atoms with Crippen LogP contribution in [0, 0.1) is 23.7 Å². The maximum absolute atomic E-state index is 13.6. The Bertz CT molecular complexity index is 2690. The number of benzene rings is 2. The van der Waals surface area contributed by atoms with Crippen LogP contribution in [0.3, 0.4) is 0 Å². The van der Waals surface area contributed by atoms with Crippen LogP contribution in [-0.4, -0.2) is 86.6 Å². The zero-order chi connectivity index (χ0) is 50.2. The predicted octanol–water partition coefficient (Wildman–Crippen LogP) is 6.12. The number of nitrogens with one attached hydrogen (secondary N) is 2. The summed E-state index contributed by atoms with van der Waals surface area (Å²) in [6, 6.07) is 10.2. The minimum atomic E-state index is -1.75. The summed E-state index contributed by atoms with van der Waals surface area (Å²) in [5.74, 6) is -2.29. The first kappa shape index (κ1) is 57.2. The SMILES string of the molecule is CC(C)C(CCl)NC(=O)c1nsc2ccc(-n3c(=O)cc(F)n(C)c3=O)cc12.CC(C)C(CO)NC(=O)c1nsc2ccc(-n3c(=O)cc(F)n(C)c3=O)cc12.FCF.FCF.O=S(Cl)Cl. The highest BCUT2D eigenvalue weighted by Gasteiger charge is 2.23. The number of hydrogen-bond donors (Lipinski definition) is 3. The number of fused-ring (bicyclic) bond motifs is 2. The monoisotopic (exact) mass is 1050 g/mol. The number of rotatable bonds is 10. The molecule has 6 aromatic rings. The average Bonchev–Trinajstić information content (AvgIpc) is 3.88. The lowest BCUT2D eigenvalue weighted by atomic mass is 10.1. The van der Waals surface area contributed by atoms with E-state index in [0.29, 0.717) is 20.2 Å². The van der Waals surface area contributed by atoms with Gasteiger partial charge in [-0.3, -0.25) is 28.3 Å². The maximum Gasteiger partial charge on any atom is 0.337 e. The van der Waals surface area contributed by atoms with E-state index in [-0.39, 0.29) is 59.0 Å². The number of aromatic nitrogens is 6. The van der Waals surface area contributed by atoms with Crippen molar-refractivity contribution >= 4 is 97.2 Å². The number of alkyl halides is 5. The number of aliphatic hydroxyl groups excluding tert-OH is 1. The fourth-order valence-corrected chi connectivity index (χ4v) is 7.35. The van der Waals surface area contributed by atoms with E-state index >= 15 is 0 Å². The average molecular weight is 1050 g/mol. The second kappa shape index (κ2) is 27.0. The van der Waals surface area contributed by atoms with Crippen molar-refractivity contribution < 1.29 is 45.2 Å². The molecule has 2 aromatic carbocycles. The van der Waals surface area contributed by atoms with Crippen LogP contribution < -0.4 is 33.1 Å². The van der Waals surface area contributed by atoms with Crippen LogP contribution in [0.25, 0.3) is 31.5 Å². The van der Waals surface area contributed by atoms with Gasteiger partial charge in [0.25, 0.3) is 22.9 Å². The molecule has 0 bridgehead atoms. The third-order valence-electron chi connectivity index (χ3n) is 8.98. The third-order valence-corrected chi connectivity index (χ3v) is 11.0. The van der Waals surface area contributed by atoms with Crippen LogP contribution in [0.4, 0.5) is 26.3 Å². The zero-order valence-corrected chi connectivity index (χ0v) is 40.1. The minimum Gasteiger partial charge on any atom is -0.394 e. The molecule has 0 aliphatic rings.